The van der Waals surface area contributed by atoms with Crippen LogP contribution in [0.1, 0.15) is 6.92 Å². The van der Waals surface area contributed by atoms with Gasteiger partial charge in [-0.25, -0.2) is 0 Å². The van der Waals surface area contributed by atoms with Crippen LogP contribution in [0.5, 0.6) is 28.7 Å². The smallest absolute Gasteiger partial charge is 0.229 e. The summed E-state index contributed by atoms with van der Waals surface area (Å²) in [6.45, 7) is 0.647. The van der Waals surface area contributed by atoms with E-state index in [1.807, 2.05) is 0 Å². The summed E-state index contributed by atoms with van der Waals surface area (Å²) in [6, 6.07) is 3.55. The van der Waals surface area contributed by atoms with E-state index in [2.05, 4.69) is 0 Å². The molecule has 236 valence electrons. The molecule has 0 amide bonds. The number of aliphatic hydroxyl groups excluding tert-OH is 6. The quantitative estimate of drug-likeness (QED) is 0.140. The van der Waals surface area contributed by atoms with Crippen molar-refractivity contribution in [3.63, 3.8) is 0 Å². The van der Waals surface area contributed by atoms with Crippen LogP contribution in [0.3, 0.4) is 0 Å². The largest absolute Gasteiger partial charge is 0.504 e. The molecule has 3 heterocycles. The van der Waals surface area contributed by atoms with Gasteiger partial charge in [-0.1, -0.05) is 0 Å². The number of methoxy groups -OCH3 is 2. The fourth-order valence-electron chi connectivity index (χ4n) is 5.12. The number of ether oxygens (including phenoxy) is 6. The minimum atomic E-state index is -1.81. The molecule has 16 heteroatoms. The van der Waals surface area contributed by atoms with Gasteiger partial charge < -0.3 is 73.7 Å². The summed E-state index contributed by atoms with van der Waals surface area (Å²) in [5.74, 6) is -1.69. The van der Waals surface area contributed by atoms with Gasteiger partial charge in [0, 0.05) is 12.1 Å². The Morgan fingerprint density at radius 3 is 2.19 bits per heavy atom. The highest BCUT2D eigenvalue weighted by Gasteiger charge is 2.51. The molecule has 8 N–H and O–H groups in total. The molecule has 2 fully saturated rings. The summed E-state index contributed by atoms with van der Waals surface area (Å²) in [6.07, 6.45) is -15.8. The lowest BCUT2D eigenvalue weighted by molar-refractivity contribution is -0.354. The maximum absolute atomic E-state index is 13.3. The van der Waals surface area contributed by atoms with Crippen molar-refractivity contribution in [2.75, 3.05) is 20.8 Å². The summed E-state index contributed by atoms with van der Waals surface area (Å²) in [5.41, 5.74) is -0.956. The molecule has 2 aromatic carbocycles. The Kier molecular flexibility index (Phi) is 8.59. The summed E-state index contributed by atoms with van der Waals surface area (Å²) < 4.78 is 38.8. The van der Waals surface area contributed by atoms with Gasteiger partial charge in [-0.05, 0) is 13.0 Å². The van der Waals surface area contributed by atoms with Crippen molar-refractivity contribution < 1.29 is 73.7 Å². The number of phenolic OH excluding ortho intramolecular Hbond substituents is 2. The highest BCUT2D eigenvalue weighted by molar-refractivity contribution is 5.96. The molecule has 2 saturated heterocycles. The van der Waals surface area contributed by atoms with Gasteiger partial charge in [0.25, 0.3) is 0 Å². The van der Waals surface area contributed by atoms with Gasteiger partial charge in [-0.3, -0.25) is 4.79 Å². The zero-order chi connectivity index (χ0) is 31.3. The van der Waals surface area contributed by atoms with Gasteiger partial charge in [-0.2, -0.15) is 0 Å². The maximum atomic E-state index is 13.3. The van der Waals surface area contributed by atoms with Crippen LogP contribution in [0.25, 0.3) is 21.9 Å². The zero-order valence-electron chi connectivity index (χ0n) is 23.1. The van der Waals surface area contributed by atoms with Crippen molar-refractivity contribution in [3.05, 3.63) is 28.4 Å². The third-order valence-corrected chi connectivity index (χ3v) is 7.53. The summed E-state index contributed by atoms with van der Waals surface area (Å²) in [4.78, 5) is 13.3. The van der Waals surface area contributed by atoms with E-state index in [1.165, 1.54) is 27.2 Å². The number of hydrogen-bond donors (Lipinski definition) is 8. The van der Waals surface area contributed by atoms with E-state index in [0.29, 0.717) is 0 Å². The van der Waals surface area contributed by atoms with Crippen LogP contribution >= 0.6 is 0 Å². The lowest BCUT2D eigenvalue weighted by Gasteiger charge is -2.45. The maximum Gasteiger partial charge on any atom is 0.229 e. The second kappa shape index (κ2) is 11.9. The zero-order valence-corrected chi connectivity index (χ0v) is 23.1. The van der Waals surface area contributed by atoms with Crippen LogP contribution in [0, 0.1) is 0 Å². The minimum Gasteiger partial charge on any atom is -0.504 e. The minimum absolute atomic E-state index is 0.00582. The van der Waals surface area contributed by atoms with E-state index in [-0.39, 0.29) is 44.9 Å². The number of hydrogen-bond acceptors (Lipinski definition) is 16. The van der Waals surface area contributed by atoms with Gasteiger partial charge >= 0.3 is 0 Å². The Labute approximate surface area is 242 Å². The number of rotatable bonds is 7. The number of aromatic hydroxyl groups is 2. The van der Waals surface area contributed by atoms with E-state index in [9.17, 15) is 45.6 Å². The van der Waals surface area contributed by atoms with Crippen LogP contribution < -0.4 is 19.6 Å². The van der Waals surface area contributed by atoms with Crippen LogP contribution in [0.15, 0.2) is 27.4 Å². The monoisotopic (exact) mass is 612 g/mol. The topological polar surface area (TPSA) is 247 Å². The lowest BCUT2D eigenvalue weighted by atomic mass is 9.97. The molecule has 1 aromatic heterocycles. The molecule has 16 nitrogen and oxygen atoms in total. The Hall–Kier alpha value is -3.45. The van der Waals surface area contributed by atoms with Crippen molar-refractivity contribution in [2.45, 2.75) is 68.3 Å². The molecule has 0 bridgehead atoms. The van der Waals surface area contributed by atoms with Crippen molar-refractivity contribution in [1.82, 2.24) is 0 Å². The van der Waals surface area contributed by atoms with E-state index in [1.54, 1.807) is 0 Å². The van der Waals surface area contributed by atoms with Crippen LogP contribution in [-0.2, 0) is 14.2 Å². The third kappa shape index (κ3) is 5.30. The fourth-order valence-corrected chi connectivity index (χ4v) is 5.12. The van der Waals surface area contributed by atoms with Crippen LogP contribution in [-0.4, -0.2) is 123 Å². The first kappa shape index (κ1) is 31.0. The number of aliphatic hydroxyl groups is 6. The first-order chi connectivity index (χ1) is 20.4. The van der Waals surface area contributed by atoms with E-state index < -0.39 is 79.2 Å². The third-order valence-electron chi connectivity index (χ3n) is 7.53. The first-order valence-corrected chi connectivity index (χ1v) is 13.1. The molecule has 0 radical (unpaired) electrons. The molecule has 3 aromatic rings. The van der Waals surface area contributed by atoms with Gasteiger partial charge in [0.1, 0.15) is 53.2 Å². The average Bonchev–Trinajstić information content (AvgIpc) is 2.97. The van der Waals surface area contributed by atoms with Crippen LogP contribution in [0.2, 0.25) is 0 Å². The standard InChI is InChI=1S/C27H32O16/c1-8-17(30)21(34)23(36)26(39-8)43-25-22(35)19(32)15(7-28)42-27(25)41-14-6-13-16(20(33)24(14)38-3)18(31)9-4-12(37-2)10(29)5-11(9)40-13/h4-6,8,15,17,19,21-23,25-30,32-36H,7H2,1-3H3. The predicted molar refractivity (Wildman–Crippen MR) is 142 cm³/mol. The van der Waals surface area contributed by atoms with Crippen molar-refractivity contribution >= 4 is 21.9 Å². The van der Waals surface area contributed by atoms with E-state index in [4.69, 9.17) is 32.8 Å². The molecule has 0 saturated carbocycles. The molecule has 43 heavy (non-hydrogen) atoms. The molecule has 2 aliphatic heterocycles. The number of phenols is 2. The molecule has 2 aliphatic rings. The Morgan fingerprint density at radius 1 is 0.814 bits per heavy atom. The summed E-state index contributed by atoms with van der Waals surface area (Å²) >= 11 is 0. The SMILES string of the molecule is COc1cc2c(=O)c3c(O)c(OC)c(OC4OC(CO)C(O)C(O)C4OC4OC(C)C(O)C(O)C4O)cc3oc2cc1O. The molecular weight excluding hydrogens is 580 g/mol. The number of benzene rings is 2. The second-order valence-electron chi connectivity index (χ2n) is 10.2. The van der Waals surface area contributed by atoms with E-state index in [0.717, 1.165) is 12.1 Å². The Morgan fingerprint density at radius 2 is 1.53 bits per heavy atom. The van der Waals surface area contributed by atoms with Gasteiger partial charge in [0.2, 0.25) is 17.5 Å². The lowest BCUT2D eigenvalue weighted by Crippen LogP contribution is -2.64. The normalized spacial score (nSPS) is 33.0. The predicted octanol–water partition coefficient (Wildman–Crippen LogP) is -1.59. The summed E-state index contributed by atoms with van der Waals surface area (Å²) in [5, 5.41) is 82.7. The summed E-state index contributed by atoms with van der Waals surface area (Å²) in [7, 11) is 2.46. The van der Waals surface area contributed by atoms with Crippen LogP contribution in [0.4, 0.5) is 0 Å². The first-order valence-electron chi connectivity index (χ1n) is 13.1. The highest BCUT2D eigenvalue weighted by atomic mass is 16.8. The molecule has 10 unspecified atom stereocenters. The molecule has 0 spiro atoms. The van der Waals surface area contributed by atoms with Crippen molar-refractivity contribution in [3.8, 4) is 28.7 Å². The van der Waals surface area contributed by atoms with E-state index >= 15 is 0 Å². The van der Waals surface area contributed by atoms with Gasteiger partial charge in [-0.15, -0.1) is 0 Å². The average molecular weight is 613 g/mol. The molecular formula is C27H32O16. The number of fused-ring (bicyclic) bond motifs is 2. The van der Waals surface area contributed by atoms with Crippen molar-refractivity contribution in [2.24, 2.45) is 0 Å². The second-order valence-corrected chi connectivity index (χ2v) is 10.2. The fraction of sp³-hybridized carbons (Fsp3) is 0.519. The Balaban J connectivity index is 1.57. The molecule has 10 atom stereocenters. The van der Waals surface area contributed by atoms with Gasteiger partial charge in [0.05, 0.1) is 32.3 Å². The highest BCUT2D eigenvalue weighted by Crippen LogP contribution is 2.44. The Bertz CT molecular complexity index is 1540. The van der Waals surface area contributed by atoms with Crippen molar-refractivity contribution in [1.29, 1.82) is 0 Å². The molecule has 0 aliphatic carbocycles. The van der Waals surface area contributed by atoms with Gasteiger partial charge in [0.15, 0.2) is 35.4 Å². The molecule has 5 rings (SSSR count).